The maximum atomic E-state index is 2.48. The highest BCUT2D eigenvalue weighted by Crippen LogP contribution is 2.60. The second-order valence-corrected chi connectivity index (χ2v) is 9.82. The van der Waals surface area contributed by atoms with Gasteiger partial charge in [0, 0.05) is 0 Å². The first kappa shape index (κ1) is 15.3. The molecule has 4 bridgehead atoms. The fourth-order valence-electron chi connectivity index (χ4n) is 7.25. The third kappa shape index (κ3) is 2.20. The lowest BCUT2D eigenvalue weighted by molar-refractivity contribution is -0.00518. The molecule has 0 radical (unpaired) electrons. The Hall–Kier alpha value is -1.82. The number of allylic oxidation sites excluding steroid dienone is 1. The van der Waals surface area contributed by atoms with Gasteiger partial charge in [-0.3, -0.25) is 0 Å². The molecule has 0 heteroatoms. The van der Waals surface area contributed by atoms with Gasteiger partial charge in [-0.05, 0) is 103 Å². The minimum Gasteiger partial charge on any atom is -0.0683 e. The van der Waals surface area contributed by atoms with Crippen LogP contribution in [-0.4, -0.2) is 0 Å². The predicted molar refractivity (Wildman–Crippen MR) is 109 cm³/mol. The highest BCUT2D eigenvalue weighted by Gasteiger charge is 2.51. The topological polar surface area (TPSA) is 0 Å². The van der Waals surface area contributed by atoms with Gasteiger partial charge < -0.3 is 0 Å². The molecule has 0 spiro atoms. The van der Waals surface area contributed by atoms with Crippen molar-refractivity contribution in [3.05, 3.63) is 64.7 Å². The Balaban J connectivity index is 1.37. The van der Waals surface area contributed by atoms with Gasteiger partial charge in [0.25, 0.3) is 0 Å². The highest BCUT2D eigenvalue weighted by molar-refractivity contribution is 5.80. The van der Waals surface area contributed by atoms with E-state index in [0.717, 1.165) is 24.2 Å². The van der Waals surface area contributed by atoms with Crippen LogP contribution in [0.2, 0.25) is 0 Å². The van der Waals surface area contributed by atoms with Gasteiger partial charge in [-0.25, -0.2) is 0 Å². The minimum absolute atomic E-state index is 0.516. The van der Waals surface area contributed by atoms with Crippen LogP contribution in [0.1, 0.15) is 62.1 Å². The van der Waals surface area contributed by atoms with Crippen LogP contribution in [0.25, 0.3) is 17.2 Å². The second-order valence-electron chi connectivity index (χ2n) is 9.82. The number of hydrogen-bond donors (Lipinski definition) is 0. The maximum absolute atomic E-state index is 2.48. The van der Waals surface area contributed by atoms with Crippen molar-refractivity contribution in [2.45, 2.75) is 57.3 Å². The summed E-state index contributed by atoms with van der Waals surface area (Å²) in [6.45, 7) is 2.25. The first-order valence-electron chi connectivity index (χ1n) is 10.6. The lowest BCUT2D eigenvalue weighted by Crippen LogP contribution is -2.48. The molecule has 0 saturated heterocycles. The Bertz CT molecular complexity index is 861. The van der Waals surface area contributed by atoms with Crippen LogP contribution in [0.5, 0.6) is 0 Å². The molecule has 4 saturated carbocycles. The SMILES string of the molecule is CC1=Cc2c(cccc2-c2ccc(C34CC5CC(CC(C5)C3)C4)cc2)C1. The number of fused-ring (bicyclic) bond motifs is 1. The molecule has 4 fully saturated rings. The second kappa shape index (κ2) is 5.35. The molecule has 0 heterocycles. The largest absolute Gasteiger partial charge is 0.0683 e. The molecule has 0 amide bonds. The molecule has 7 rings (SSSR count). The molecule has 132 valence electrons. The summed E-state index contributed by atoms with van der Waals surface area (Å²) in [6.07, 6.45) is 12.5. The first-order valence-corrected chi connectivity index (χ1v) is 10.6. The molecule has 0 N–H and O–H groups in total. The zero-order valence-corrected chi connectivity index (χ0v) is 15.8. The van der Waals surface area contributed by atoms with Crippen molar-refractivity contribution in [2.75, 3.05) is 0 Å². The average molecular weight is 341 g/mol. The summed E-state index contributed by atoms with van der Waals surface area (Å²) in [5.41, 5.74) is 9.38. The summed E-state index contributed by atoms with van der Waals surface area (Å²) < 4.78 is 0. The summed E-state index contributed by atoms with van der Waals surface area (Å²) in [5.74, 6) is 3.06. The van der Waals surface area contributed by atoms with Gasteiger partial charge in [0.15, 0.2) is 0 Å². The van der Waals surface area contributed by atoms with Gasteiger partial charge in [-0.15, -0.1) is 0 Å². The lowest BCUT2D eigenvalue weighted by Gasteiger charge is -2.57. The molecular formula is C26H28. The predicted octanol–water partition coefficient (Wildman–Crippen LogP) is 6.78. The monoisotopic (exact) mass is 340 g/mol. The van der Waals surface area contributed by atoms with E-state index in [9.17, 15) is 0 Å². The van der Waals surface area contributed by atoms with Crippen molar-refractivity contribution in [1.29, 1.82) is 0 Å². The number of hydrogen-bond acceptors (Lipinski definition) is 0. The summed E-state index contributed by atoms with van der Waals surface area (Å²) >= 11 is 0. The van der Waals surface area contributed by atoms with Crippen LogP contribution < -0.4 is 0 Å². The van der Waals surface area contributed by atoms with E-state index in [2.05, 4.69) is 55.5 Å². The average Bonchev–Trinajstić information content (AvgIpc) is 3.01. The maximum Gasteiger partial charge on any atom is -0.00391 e. The van der Waals surface area contributed by atoms with E-state index >= 15 is 0 Å². The molecule has 0 aromatic heterocycles. The summed E-state index contributed by atoms with van der Waals surface area (Å²) in [6, 6.07) is 16.6. The van der Waals surface area contributed by atoms with Crippen LogP contribution >= 0.6 is 0 Å². The van der Waals surface area contributed by atoms with Crippen molar-refractivity contribution < 1.29 is 0 Å². The summed E-state index contributed by atoms with van der Waals surface area (Å²) in [5, 5.41) is 0. The Kier molecular flexibility index (Phi) is 3.14. The third-order valence-corrected chi connectivity index (χ3v) is 7.90. The van der Waals surface area contributed by atoms with Gasteiger partial charge in [-0.2, -0.15) is 0 Å². The van der Waals surface area contributed by atoms with Gasteiger partial charge >= 0.3 is 0 Å². The molecule has 0 aliphatic heterocycles. The quantitative estimate of drug-likeness (QED) is 0.565. The molecule has 0 atom stereocenters. The first-order chi connectivity index (χ1) is 12.7. The molecule has 0 unspecified atom stereocenters. The van der Waals surface area contributed by atoms with E-state index in [0.29, 0.717) is 5.41 Å². The Morgan fingerprint density at radius 2 is 1.46 bits per heavy atom. The fourth-order valence-corrected chi connectivity index (χ4v) is 7.25. The summed E-state index contributed by atoms with van der Waals surface area (Å²) in [7, 11) is 0. The molecule has 5 aliphatic carbocycles. The lowest BCUT2D eigenvalue weighted by atomic mass is 9.48. The van der Waals surface area contributed by atoms with Gasteiger partial charge in [0.2, 0.25) is 0 Å². The zero-order chi connectivity index (χ0) is 17.3. The van der Waals surface area contributed by atoms with E-state index in [1.54, 1.807) is 5.56 Å². The van der Waals surface area contributed by atoms with Gasteiger partial charge in [0.1, 0.15) is 0 Å². The van der Waals surface area contributed by atoms with Crippen LogP contribution in [-0.2, 0) is 11.8 Å². The Morgan fingerprint density at radius 3 is 2.12 bits per heavy atom. The summed E-state index contributed by atoms with van der Waals surface area (Å²) in [4.78, 5) is 0. The molecule has 0 nitrogen and oxygen atoms in total. The van der Waals surface area contributed by atoms with E-state index in [-0.39, 0.29) is 0 Å². The van der Waals surface area contributed by atoms with E-state index in [1.165, 1.54) is 66.4 Å². The van der Waals surface area contributed by atoms with Crippen LogP contribution in [0.4, 0.5) is 0 Å². The van der Waals surface area contributed by atoms with Crippen LogP contribution in [0, 0.1) is 17.8 Å². The minimum atomic E-state index is 0.516. The highest BCUT2D eigenvalue weighted by atomic mass is 14.6. The number of benzene rings is 2. The van der Waals surface area contributed by atoms with E-state index in [4.69, 9.17) is 0 Å². The van der Waals surface area contributed by atoms with Crippen molar-refractivity contribution in [3.63, 3.8) is 0 Å². The normalized spacial score (nSPS) is 34.0. The van der Waals surface area contributed by atoms with Crippen molar-refractivity contribution in [2.24, 2.45) is 17.8 Å². The molecular weight excluding hydrogens is 312 g/mol. The molecule has 2 aromatic rings. The number of rotatable bonds is 2. The van der Waals surface area contributed by atoms with Crippen molar-refractivity contribution in [1.82, 2.24) is 0 Å². The Labute approximate surface area is 157 Å². The fraction of sp³-hybridized carbons (Fsp3) is 0.462. The van der Waals surface area contributed by atoms with Crippen LogP contribution in [0.15, 0.2) is 48.0 Å². The van der Waals surface area contributed by atoms with E-state index < -0.39 is 0 Å². The molecule has 2 aromatic carbocycles. The van der Waals surface area contributed by atoms with Crippen LogP contribution in [0.3, 0.4) is 0 Å². The van der Waals surface area contributed by atoms with E-state index in [1.807, 2.05) is 0 Å². The smallest absolute Gasteiger partial charge is 0.00391 e. The van der Waals surface area contributed by atoms with Gasteiger partial charge in [0.05, 0.1) is 0 Å². The van der Waals surface area contributed by atoms with Gasteiger partial charge in [-0.1, -0.05) is 54.1 Å². The van der Waals surface area contributed by atoms with Crippen molar-refractivity contribution in [3.8, 4) is 11.1 Å². The Morgan fingerprint density at radius 1 is 0.808 bits per heavy atom. The van der Waals surface area contributed by atoms with Crippen molar-refractivity contribution >= 4 is 6.08 Å². The third-order valence-electron chi connectivity index (χ3n) is 7.90. The standard InChI is InChI=1S/C26H28/c1-17-9-22-3-2-4-24(25(22)10-17)21-5-7-23(8-6-21)26-14-18-11-19(15-26)13-20(12-18)16-26/h2-8,10,18-20H,9,11-16H2,1H3. The molecule has 26 heavy (non-hydrogen) atoms. The molecule has 5 aliphatic rings. The zero-order valence-electron chi connectivity index (χ0n) is 15.8.